The number of hydrogen-bond donors (Lipinski definition) is 1. The van der Waals surface area contributed by atoms with E-state index in [0.717, 1.165) is 5.56 Å². The molecule has 0 aliphatic heterocycles. The van der Waals surface area contributed by atoms with E-state index in [2.05, 4.69) is 13.8 Å². The van der Waals surface area contributed by atoms with Crippen LogP contribution < -0.4 is 5.73 Å². The van der Waals surface area contributed by atoms with Crippen molar-refractivity contribution in [1.82, 2.24) is 4.90 Å². The molecule has 0 heterocycles. The van der Waals surface area contributed by atoms with E-state index in [0.29, 0.717) is 17.9 Å². The quantitative estimate of drug-likeness (QED) is 0.884. The summed E-state index contributed by atoms with van der Waals surface area (Å²) in [5.74, 6) is 0.136. The zero-order chi connectivity index (χ0) is 14.0. The Hall–Kier alpha value is -1.35. The maximum Gasteiger partial charge on any atom is 0.224 e. The van der Waals surface area contributed by atoms with Gasteiger partial charge in [-0.3, -0.25) is 4.79 Å². The van der Waals surface area contributed by atoms with Crippen LogP contribution in [0.2, 0.25) is 0 Å². The van der Waals surface area contributed by atoms with Gasteiger partial charge >= 0.3 is 0 Å². The van der Waals surface area contributed by atoms with Crippen molar-refractivity contribution in [2.24, 2.45) is 11.1 Å². The Balaban J connectivity index is 1.93. The largest absolute Gasteiger partial charge is 0.342 e. The second-order valence-electron chi connectivity index (χ2n) is 6.06. The van der Waals surface area contributed by atoms with Gasteiger partial charge in [-0.25, -0.2) is 0 Å². The summed E-state index contributed by atoms with van der Waals surface area (Å²) in [5, 5.41) is 0. The first-order chi connectivity index (χ1) is 8.94. The SMILES string of the molecule is CC(N(C)C(=O)CC(N)c1ccccc1)C1(C)CC1. The molecule has 1 aromatic rings. The minimum atomic E-state index is -0.213. The van der Waals surface area contributed by atoms with Crippen LogP contribution >= 0.6 is 0 Å². The lowest BCUT2D eigenvalue weighted by atomic mass is 9.98. The van der Waals surface area contributed by atoms with Crippen LogP contribution in [0.4, 0.5) is 0 Å². The minimum Gasteiger partial charge on any atom is -0.342 e. The van der Waals surface area contributed by atoms with Crippen LogP contribution in [-0.2, 0) is 4.79 Å². The first-order valence-corrected chi connectivity index (χ1v) is 7.00. The summed E-state index contributed by atoms with van der Waals surface area (Å²) < 4.78 is 0. The van der Waals surface area contributed by atoms with Crippen LogP contribution in [0.5, 0.6) is 0 Å². The molecule has 104 valence electrons. The van der Waals surface area contributed by atoms with Crippen molar-refractivity contribution >= 4 is 5.91 Å². The van der Waals surface area contributed by atoms with Crippen LogP contribution in [0, 0.1) is 5.41 Å². The molecule has 1 amide bonds. The Morgan fingerprint density at radius 2 is 1.95 bits per heavy atom. The smallest absolute Gasteiger partial charge is 0.224 e. The predicted molar refractivity (Wildman–Crippen MR) is 77.6 cm³/mol. The molecular weight excluding hydrogens is 236 g/mol. The van der Waals surface area contributed by atoms with Gasteiger partial charge in [0.1, 0.15) is 0 Å². The van der Waals surface area contributed by atoms with E-state index >= 15 is 0 Å². The Morgan fingerprint density at radius 1 is 1.37 bits per heavy atom. The molecule has 3 heteroatoms. The van der Waals surface area contributed by atoms with Gasteiger partial charge in [-0.1, -0.05) is 37.3 Å². The Bertz CT molecular complexity index is 439. The average Bonchev–Trinajstić information content (AvgIpc) is 3.17. The fourth-order valence-electron chi connectivity index (χ4n) is 2.45. The molecule has 0 radical (unpaired) electrons. The number of carbonyl (C=O) groups is 1. The lowest BCUT2D eigenvalue weighted by Crippen LogP contribution is -2.41. The third-order valence-electron chi connectivity index (χ3n) is 4.64. The molecule has 2 unspecified atom stereocenters. The standard InChI is InChI=1S/C16H24N2O/c1-12(16(2)9-10-16)18(3)15(19)11-14(17)13-7-5-4-6-8-13/h4-8,12,14H,9-11,17H2,1-3H3. The summed E-state index contributed by atoms with van der Waals surface area (Å²) >= 11 is 0. The van der Waals surface area contributed by atoms with E-state index in [9.17, 15) is 4.79 Å². The van der Waals surface area contributed by atoms with E-state index in [4.69, 9.17) is 5.73 Å². The van der Waals surface area contributed by atoms with Gasteiger partial charge in [0, 0.05) is 25.6 Å². The Morgan fingerprint density at radius 3 is 2.47 bits per heavy atom. The van der Waals surface area contributed by atoms with Gasteiger partial charge in [-0.05, 0) is 30.7 Å². The first-order valence-electron chi connectivity index (χ1n) is 7.00. The molecule has 3 nitrogen and oxygen atoms in total. The van der Waals surface area contributed by atoms with Crippen molar-refractivity contribution in [3.8, 4) is 0 Å². The van der Waals surface area contributed by atoms with Crippen LogP contribution in [0.3, 0.4) is 0 Å². The monoisotopic (exact) mass is 260 g/mol. The molecular formula is C16H24N2O. The number of nitrogens with zero attached hydrogens (tertiary/aromatic N) is 1. The van der Waals surface area contributed by atoms with E-state index in [1.807, 2.05) is 42.3 Å². The van der Waals surface area contributed by atoms with Crippen molar-refractivity contribution in [2.45, 2.75) is 45.2 Å². The molecule has 2 rings (SSSR count). The van der Waals surface area contributed by atoms with Crippen molar-refractivity contribution < 1.29 is 4.79 Å². The summed E-state index contributed by atoms with van der Waals surface area (Å²) in [6.45, 7) is 4.39. The maximum absolute atomic E-state index is 12.3. The van der Waals surface area contributed by atoms with Gasteiger partial charge in [0.2, 0.25) is 5.91 Å². The maximum atomic E-state index is 12.3. The fourth-order valence-corrected chi connectivity index (χ4v) is 2.45. The van der Waals surface area contributed by atoms with Crippen LogP contribution in [0.25, 0.3) is 0 Å². The van der Waals surface area contributed by atoms with Gasteiger partial charge in [-0.15, -0.1) is 0 Å². The number of nitrogens with two attached hydrogens (primary N) is 1. The molecule has 1 aliphatic carbocycles. The summed E-state index contributed by atoms with van der Waals surface area (Å²) in [4.78, 5) is 14.2. The summed E-state index contributed by atoms with van der Waals surface area (Å²) in [6.07, 6.45) is 2.81. The average molecular weight is 260 g/mol. The highest BCUT2D eigenvalue weighted by molar-refractivity contribution is 5.77. The molecule has 0 spiro atoms. The third kappa shape index (κ3) is 3.16. The number of benzene rings is 1. The number of amides is 1. The lowest BCUT2D eigenvalue weighted by Gasteiger charge is -2.31. The number of hydrogen-bond acceptors (Lipinski definition) is 2. The molecule has 0 aromatic heterocycles. The van der Waals surface area contributed by atoms with E-state index in [1.54, 1.807) is 0 Å². The topological polar surface area (TPSA) is 46.3 Å². The summed E-state index contributed by atoms with van der Waals surface area (Å²) in [5.41, 5.74) is 7.45. The highest BCUT2D eigenvalue weighted by Crippen LogP contribution is 2.49. The van der Waals surface area contributed by atoms with Crippen molar-refractivity contribution in [3.05, 3.63) is 35.9 Å². The first kappa shape index (κ1) is 14.1. The highest BCUT2D eigenvalue weighted by Gasteiger charge is 2.45. The molecule has 0 bridgehead atoms. The predicted octanol–water partition coefficient (Wildman–Crippen LogP) is 2.72. The summed E-state index contributed by atoms with van der Waals surface area (Å²) in [7, 11) is 1.90. The van der Waals surface area contributed by atoms with E-state index < -0.39 is 0 Å². The van der Waals surface area contributed by atoms with Crippen LogP contribution in [0.15, 0.2) is 30.3 Å². The van der Waals surface area contributed by atoms with Crippen molar-refractivity contribution in [1.29, 1.82) is 0 Å². The normalized spacial score (nSPS) is 19.6. The van der Waals surface area contributed by atoms with Gasteiger partial charge in [0.05, 0.1) is 0 Å². The van der Waals surface area contributed by atoms with E-state index in [-0.39, 0.29) is 11.9 Å². The molecule has 1 saturated carbocycles. The number of carbonyl (C=O) groups excluding carboxylic acids is 1. The zero-order valence-corrected chi connectivity index (χ0v) is 12.1. The Labute approximate surface area is 115 Å². The minimum absolute atomic E-state index is 0.136. The fraction of sp³-hybridized carbons (Fsp3) is 0.562. The third-order valence-corrected chi connectivity index (χ3v) is 4.64. The lowest BCUT2D eigenvalue weighted by molar-refractivity contribution is -0.133. The highest BCUT2D eigenvalue weighted by atomic mass is 16.2. The van der Waals surface area contributed by atoms with Gasteiger partial charge in [0.25, 0.3) is 0 Å². The van der Waals surface area contributed by atoms with E-state index in [1.165, 1.54) is 12.8 Å². The molecule has 1 fully saturated rings. The van der Waals surface area contributed by atoms with Crippen molar-refractivity contribution in [2.75, 3.05) is 7.05 Å². The van der Waals surface area contributed by atoms with Crippen LogP contribution in [0.1, 0.15) is 44.7 Å². The van der Waals surface area contributed by atoms with Gasteiger partial charge in [0.15, 0.2) is 0 Å². The van der Waals surface area contributed by atoms with Gasteiger partial charge in [-0.2, -0.15) is 0 Å². The van der Waals surface area contributed by atoms with Crippen molar-refractivity contribution in [3.63, 3.8) is 0 Å². The molecule has 1 aliphatic rings. The van der Waals surface area contributed by atoms with Gasteiger partial charge < -0.3 is 10.6 Å². The molecule has 0 saturated heterocycles. The second-order valence-corrected chi connectivity index (χ2v) is 6.06. The molecule has 2 atom stereocenters. The zero-order valence-electron chi connectivity index (χ0n) is 12.1. The summed E-state index contributed by atoms with van der Waals surface area (Å²) in [6, 6.07) is 9.90. The Kier molecular flexibility index (Phi) is 3.95. The molecule has 2 N–H and O–H groups in total. The van der Waals surface area contributed by atoms with Crippen LogP contribution in [-0.4, -0.2) is 23.9 Å². The molecule has 19 heavy (non-hydrogen) atoms. The second kappa shape index (κ2) is 5.33. The molecule has 1 aromatic carbocycles. The number of rotatable bonds is 5.